The summed E-state index contributed by atoms with van der Waals surface area (Å²) in [6.45, 7) is 0.705. The first-order valence-corrected chi connectivity index (χ1v) is 12.9. The second-order valence-corrected chi connectivity index (χ2v) is 10.6. The first-order valence-electron chi connectivity index (χ1n) is 12.0. The lowest BCUT2D eigenvalue weighted by Gasteiger charge is -2.27. The lowest BCUT2D eigenvalue weighted by Crippen LogP contribution is -2.51. The number of halogens is 1. The van der Waals surface area contributed by atoms with Crippen molar-refractivity contribution in [3.05, 3.63) is 59.7 Å². The van der Waals surface area contributed by atoms with Gasteiger partial charge in [-0.3, -0.25) is 14.6 Å². The van der Waals surface area contributed by atoms with Crippen LogP contribution in [0, 0.1) is 17.8 Å². The Bertz CT molecular complexity index is 1260. The fourth-order valence-corrected chi connectivity index (χ4v) is 6.66. The minimum Gasteiger partial charge on any atom is -0.497 e. The van der Waals surface area contributed by atoms with E-state index in [0.717, 1.165) is 11.1 Å². The number of amidine groups is 1. The maximum atomic E-state index is 13.3. The Morgan fingerprint density at radius 1 is 1.03 bits per heavy atom. The summed E-state index contributed by atoms with van der Waals surface area (Å²) in [7, 11) is 3.16. The van der Waals surface area contributed by atoms with Gasteiger partial charge in [0, 0.05) is 17.4 Å². The Labute approximate surface area is 231 Å². The summed E-state index contributed by atoms with van der Waals surface area (Å²) in [6, 6.07) is 14.6. The van der Waals surface area contributed by atoms with Crippen LogP contribution >= 0.6 is 24.2 Å². The van der Waals surface area contributed by atoms with Gasteiger partial charge in [0.2, 0.25) is 0 Å². The summed E-state index contributed by atoms with van der Waals surface area (Å²) in [5, 5.41) is 0.552. The van der Waals surface area contributed by atoms with Crippen molar-refractivity contribution < 1.29 is 28.5 Å². The highest BCUT2D eigenvalue weighted by Crippen LogP contribution is 2.65. The van der Waals surface area contributed by atoms with Gasteiger partial charge in [0.05, 0.1) is 26.7 Å². The van der Waals surface area contributed by atoms with Crippen molar-refractivity contribution in [3.63, 3.8) is 0 Å². The zero-order chi connectivity index (χ0) is 26.0. The van der Waals surface area contributed by atoms with Gasteiger partial charge in [-0.25, -0.2) is 4.99 Å². The molecule has 2 aromatic carbocycles. The van der Waals surface area contributed by atoms with E-state index in [9.17, 15) is 9.59 Å². The van der Waals surface area contributed by atoms with Crippen molar-refractivity contribution >= 4 is 47.5 Å². The van der Waals surface area contributed by atoms with Gasteiger partial charge in [0.15, 0.2) is 5.17 Å². The molecule has 0 radical (unpaired) electrons. The highest BCUT2D eigenvalue weighted by atomic mass is 35.5. The molecule has 2 N–H and O–H groups in total. The van der Waals surface area contributed by atoms with Crippen LogP contribution in [0.5, 0.6) is 11.5 Å². The predicted octanol–water partition coefficient (Wildman–Crippen LogP) is 3.42. The number of ether oxygens (including phenoxy) is 4. The van der Waals surface area contributed by atoms with Gasteiger partial charge in [-0.15, -0.1) is 12.4 Å². The van der Waals surface area contributed by atoms with Crippen LogP contribution in [0.15, 0.2) is 58.5 Å². The van der Waals surface area contributed by atoms with Gasteiger partial charge in [-0.05, 0) is 47.7 Å². The van der Waals surface area contributed by atoms with Crippen LogP contribution < -0.4 is 15.2 Å². The van der Waals surface area contributed by atoms with Gasteiger partial charge < -0.3 is 24.7 Å². The summed E-state index contributed by atoms with van der Waals surface area (Å²) in [6.07, 6.45) is 2.11. The normalized spacial score (nSPS) is 26.6. The number of nitrogens with two attached hydrogens (primary N) is 1. The summed E-state index contributed by atoms with van der Waals surface area (Å²) >= 11 is 1.47. The minimum absolute atomic E-state index is 0. The monoisotopic (exact) mass is 559 g/mol. The quantitative estimate of drug-likeness (QED) is 0.464. The largest absolute Gasteiger partial charge is 0.497 e. The summed E-state index contributed by atoms with van der Waals surface area (Å²) in [5.74, 6) is -0.499. The lowest BCUT2D eigenvalue weighted by atomic mass is 9.91. The molecule has 0 amide bonds. The molecular formula is C27H30ClN3O6S. The zero-order valence-corrected chi connectivity index (χ0v) is 22.7. The summed E-state index contributed by atoms with van der Waals surface area (Å²) in [4.78, 5) is 35.1. The number of aliphatic imine (C=N–C) groups is 2. The van der Waals surface area contributed by atoms with Crippen molar-refractivity contribution in [2.45, 2.75) is 30.4 Å². The Balaban J connectivity index is 0.00000336. The number of hydrogen-bond acceptors (Lipinski definition) is 10. The lowest BCUT2D eigenvalue weighted by molar-refractivity contribution is -0.153. The average molecular weight is 560 g/mol. The van der Waals surface area contributed by atoms with Crippen LogP contribution in [0.4, 0.5) is 0 Å². The number of thioether (sulfide) groups is 1. The maximum absolute atomic E-state index is 13.3. The predicted molar refractivity (Wildman–Crippen MR) is 147 cm³/mol. The van der Waals surface area contributed by atoms with Crippen molar-refractivity contribution in [2.75, 3.05) is 20.8 Å². The molecule has 0 aromatic heterocycles. The van der Waals surface area contributed by atoms with Crippen molar-refractivity contribution in [1.82, 2.24) is 0 Å². The Morgan fingerprint density at radius 2 is 1.66 bits per heavy atom. The standard InChI is InChI=1S/C27H29N3O6S.ClH/c1-33-18-7-3-5-16(11-18)14-35-24(31)22-21-20(37-26-29-9-10-30-26)13-27(28,23(21)22)25(32)36-15-17-6-4-8-19(12-17)34-2;/h3-9,11-12,20-23H,10,13-15,28H2,1-2H3;1H/t20-,21-,22-,23-,27-;/m0./s1. The Hall–Kier alpha value is -3.08. The van der Waals surface area contributed by atoms with E-state index in [2.05, 4.69) is 9.98 Å². The van der Waals surface area contributed by atoms with Crippen LogP contribution in [0.25, 0.3) is 0 Å². The van der Waals surface area contributed by atoms with Crippen molar-refractivity contribution in [3.8, 4) is 11.5 Å². The third-order valence-corrected chi connectivity index (χ3v) is 8.31. The molecule has 9 nitrogen and oxygen atoms in total. The fraction of sp³-hybridized carbons (Fsp3) is 0.407. The second-order valence-electron chi connectivity index (χ2n) is 9.35. The molecule has 5 atom stereocenters. The highest BCUT2D eigenvalue weighted by Gasteiger charge is 2.74. The number of fused-ring (bicyclic) bond motifs is 1. The smallest absolute Gasteiger partial charge is 0.326 e. The fourth-order valence-electron chi connectivity index (χ4n) is 5.25. The molecule has 2 fully saturated rings. The van der Waals surface area contributed by atoms with E-state index in [1.54, 1.807) is 26.5 Å². The van der Waals surface area contributed by atoms with Crippen LogP contribution in [-0.4, -0.2) is 54.9 Å². The molecule has 0 spiro atoms. The van der Waals surface area contributed by atoms with Gasteiger partial charge in [0.25, 0.3) is 0 Å². The number of hydrogen-bond donors (Lipinski definition) is 1. The van der Waals surface area contributed by atoms with E-state index in [4.69, 9.17) is 24.7 Å². The summed E-state index contributed by atoms with van der Waals surface area (Å²) < 4.78 is 21.8. The maximum Gasteiger partial charge on any atom is 0.326 e. The number of rotatable bonds is 9. The van der Waals surface area contributed by atoms with Crippen molar-refractivity contribution in [2.24, 2.45) is 33.5 Å². The molecule has 0 bridgehead atoms. The molecule has 2 aromatic rings. The molecule has 0 saturated heterocycles. The third-order valence-electron chi connectivity index (χ3n) is 7.08. The van der Waals surface area contributed by atoms with E-state index in [-0.39, 0.29) is 48.7 Å². The molecule has 5 rings (SSSR count). The SMILES string of the molecule is COc1cccc(COC(=O)[C@H]2[C@H]3[C@@H]2[C@](N)(C(=O)OCc2cccc(OC)c2)C[C@@H]3SC2=NCC=N2)c1.Cl. The highest BCUT2D eigenvalue weighted by molar-refractivity contribution is 8.14. The second kappa shape index (κ2) is 11.8. The van der Waals surface area contributed by atoms with E-state index in [0.29, 0.717) is 29.6 Å². The number of esters is 2. The van der Waals surface area contributed by atoms with Crippen LogP contribution in [0.2, 0.25) is 0 Å². The molecule has 202 valence electrons. The first kappa shape index (κ1) is 27.9. The average Bonchev–Trinajstić information content (AvgIpc) is 3.35. The van der Waals surface area contributed by atoms with E-state index >= 15 is 0 Å². The number of carbonyl (C=O) groups is 2. The Kier molecular flexibility index (Phi) is 8.64. The number of methoxy groups -OCH3 is 2. The molecule has 11 heteroatoms. The summed E-state index contributed by atoms with van der Waals surface area (Å²) in [5.41, 5.74) is 7.03. The first-order chi connectivity index (χ1) is 17.9. The molecule has 38 heavy (non-hydrogen) atoms. The minimum atomic E-state index is -1.30. The van der Waals surface area contributed by atoms with Crippen LogP contribution in [-0.2, 0) is 32.3 Å². The van der Waals surface area contributed by atoms with Gasteiger partial charge in [-0.1, -0.05) is 36.0 Å². The number of carbonyl (C=O) groups excluding carboxylic acids is 2. The van der Waals surface area contributed by atoms with Gasteiger partial charge >= 0.3 is 11.9 Å². The zero-order valence-electron chi connectivity index (χ0n) is 21.1. The molecule has 1 heterocycles. The Morgan fingerprint density at radius 3 is 2.24 bits per heavy atom. The van der Waals surface area contributed by atoms with E-state index in [1.807, 2.05) is 42.5 Å². The van der Waals surface area contributed by atoms with Crippen LogP contribution in [0.3, 0.4) is 0 Å². The van der Waals surface area contributed by atoms with Crippen molar-refractivity contribution in [1.29, 1.82) is 0 Å². The molecule has 1 aliphatic heterocycles. The molecular weight excluding hydrogens is 530 g/mol. The number of nitrogens with zero attached hydrogens (tertiary/aromatic N) is 2. The van der Waals surface area contributed by atoms with Gasteiger partial charge in [0.1, 0.15) is 30.3 Å². The molecule has 2 aliphatic carbocycles. The molecule has 3 aliphatic rings. The van der Waals surface area contributed by atoms with E-state index < -0.39 is 17.4 Å². The van der Waals surface area contributed by atoms with Crippen LogP contribution in [0.1, 0.15) is 17.5 Å². The van der Waals surface area contributed by atoms with Gasteiger partial charge in [-0.2, -0.15) is 0 Å². The van der Waals surface area contributed by atoms with E-state index in [1.165, 1.54) is 11.8 Å². The number of benzene rings is 2. The third kappa shape index (κ3) is 5.67. The molecule has 2 saturated carbocycles. The topological polar surface area (TPSA) is 122 Å². The molecule has 0 unspecified atom stereocenters.